The summed E-state index contributed by atoms with van der Waals surface area (Å²) in [6, 6.07) is 0. The van der Waals surface area contributed by atoms with E-state index in [4.69, 9.17) is 0 Å². The largest absolute Gasteiger partial charge is 0.510 e. The van der Waals surface area contributed by atoms with Gasteiger partial charge in [0, 0.05) is 5.57 Å². The number of aliphatic hydroxyl groups is 1. The first-order chi connectivity index (χ1) is 6.40. The second kappa shape index (κ2) is 3.65. The fraction of sp³-hybridized carbons (Fsp3) is 0.364. The molecule has 1 aliphatic heterocycles. The zero-order chi connectivity index (χ0) is 10.9. The number of allylic oxidation sites excluding steroid dienone is 2. The van der Waals surface area contributed by atoms with Crippen molar-refractivity contribution in [3.63, 3.8) is 0 Å². The van der Waals surface area contributed by atoms with Gasteiger partial charge in [0.05, 0.1) is 4.75 Å². The van der Waals surface area contributed by atoms with Crippen LogP contribution in [0.3, 0.4) is 0 Å². The van der Waals surface area contributed by atoms with Gasteiger partial charge in [0.1, 0.15) is 5.76 Å². The molecule has 0 fully saturated rings. The van der Waals surface area contributed by atoms with Gasteiger partial charge in [0.2, 0.25) is 5.12 Å². The molecule has 0 amide bonds. The lowest BCUT2D eigenvalue weighted by molar-refractivity contribution is -0.107. The van der Waals surface area contributed by atoms with Gasteiger partial charge in [-0.25, -0.2) is 0 Å². The maximum absolute atomic E-state index is 11.4. The van der Waals surface area contributed by atoms with Gasteiger partial charge >= 0.3 is 0 Å². The summed E-state index contributed by atoms with van der Waals surface area (Å²) >= 11 is 1.16. The topological polar surface area (TPSA) is 37.3 Å². The van der Waals surface area contributed by atoms with Gasteiger partial charge < -0.3 is 5.11 Å². The lowest BCUT2D eigenvalue weighted by atomic mass is 9.97. The summed E-state index contributed by atoms with van der Waals surface area (Å²) in [5.41, 5.74) is 1.28. The lowest BCUT2D eigenvalue weighted by Crippen LogP contribution is -2.20. The molecule has 0 bridgehead atoms. The van der Waals surface area contributed by atoms with E-state index in [0.29, 0.717) is 12.0 Å². The van der Waals surface area contributed by atoms with Crippen molar-refractivity contribution in [1.82, 2.24) is 0 Å². The third kappa shape index (κ3) is 1.77. The van der Waals surface area contributed by atoms with Crippen LogP contribution in [-0.4, -0.2) is 15.0 Å². The summed E-state index contributed by atoms with van der Waals surface area (Å²) in [6.07, 6.45) is 2.20. The molecule has 0 aromatic rings. The monoisotopic (exact) mass is 210 g/mol. The van der Waals surface area contributed by atoms with Crippen LogP contribution in [0.2, 0.25) is 0 Å². The minimum absolute atomic E-state index is 0.0538. The summed E-state index contributed by atoms with van der Waals surface area (Å²) in [5, 5.41) is 9.74. The quantitative estimate of drug-likeness (QED) is 0.728. The van der Waals surface area contributed by atoms with Crippen molar-refractivity contribution < 1.29 is 9.90 Å². The first-order valence-corrected chi connectivity index (χ1v) is 5.16. The Balaban J connectivity index is 2.93. The second-order valence-corrected chi connectivity index (χ2v) is 5.11. The highest BCUT2D eigenvalue weighted by atomic mass is 32.2. The van der Waals surface area contributed by atoms with E-state index in [1.807, 2.05) is 6.92 Å². The van der Waals surface area contributed by atoms with Gasteiger partial charge in [-0.2, -0.15) is 0 Å². The van der Waals surface area contributed by atoms with Crippen LogP contribution in [0, 0.1) is 0 Å². The second-order valence-electron chi connectivity index (χ2n) is 3.63. The molecule has 3 heteroatoms. The van der Waals surface area contributed by atoms with E-state index in [0.717, 1.165) is 17.3 Å². The summed E-state index contributed by atoms with van der Waals surface area (Å²) in [5.74, 6) is 0.176. The molecule has 1 aliphatic rings. The number of thioether (sulfide) groups is 1. The number of carbonyl (C=O) groups is 1. The van der Waals surface area contributed by atoms with Crippen LogP contribution in [0.15, 0.2) is 36.1 Å². The Hall–Kier alpha value is -0.960. The highest BCUT2D eigenvalue weighted by Crippen LogP contribution is 2.45. The normalized spacial score (nSPS) is 26.9. The molecule has 0 aromatic carbocycles. The van der Waals surface area contributed by atoms with E-state index >= 15 is 0 Å². The van der Waals surface area contributed by atoms with Crippen LogP contribution < -0.4 is 0 Å². The number of hydrogen-bond donors (Lipinski definition) is 1. The van der Waals surface area contributed by atoms with Gasteiger partial charge in [-0.1, -0.05) is 36.6 Å². The number of aliphatic hydroxyl groups excluding tert-OH is 1. The Kier molecular flexibility index (Phi) is 2.90. The van der Waals surface area contributed by atoms with Crippen LogP contribution in [-0.2, 0) is 4.79 Å². The summed E-state index contributed by atoms with van der Waals surface area (Å²) < 4.78 is -0.549. The smallest absolute Gasteiger partial charge is 0.219 e. The average Bonchev–Trinajstić information content (AvgIpc) is 2.30. The Morgan fingerprint density at radius 2 is 2.29 bits per heavy atom. The number of carbonyl (C=O) groups excluding carboxylic acids is 1. The molecular formula is C11H14O2S. The average molecular weight is 210 g/mol. The molecule has 0 radical (unpaired) electrons. The van der Waals surface area contributed by atoms with Crippen molar-refractivity contribution in [2.75, 3.05) is 0 Å². The molecule has 1 atom stereocenters. The molecule has 0 spiro atoms. The third-order valence-electron chi connectivity index (χ3n) is 2.33. The Labute approximate surface area is 88.4 Å². The van der Waals surface area contributed by atoms with Gasteiger partial charge in [-0.3, -0.25) is 4.79 Å². The molecule has 0 saturated heterocycles. The minimum Gasteiger partial charge on any atom is -0.510 e. The highest BCUT2D eigenvalue weighted by molar-refractivity contribution is 8.15. The Bertz CT molecular complexity index is 341. The standard InChI is InChI=1S/C11H14O2S/c1-5-7(2)6-11(4)9(12)8(3)10(13)14-11/h5,12H,1-2,6H2,3-4H3. The SMILES string of the molecule is C=CC(=C)CC1(C)SC(=O)C(C)=C1O. The van der Waals surface area contributed by atoms with Crippen molar-refractivity contribution in [2.24, 2.45) is 0 Å². The first kappa shape index (κ1) is 11.1. The molecule has 1 N–H and O–H groups in total. The van der Waals surface area contributed by atoms with Crippen LogP contribution >= 0.6 is 11.8 Å². The summed E-state index contributed by atoms with van der Waals surface area (Å²) in [7, 11) is 0. The minimum atomic E-state index is -0.549. The molecular weight excluding hydrogens is 196 g/mol. The summed E-state index contributed by atoms with van der Waals surface area (Å²) in [6.45, 7) is 10.9. The molecule has 0 aromatic heterocycles. The van der Waals surface area contributed by atoms with Crippen LogP contribution in [0.5, 0.6) is 0 Å². The van der Waals surface area contributed by atoms with E-state index < -0.39 is 4.75 Å². The van der Waals surface area contributed by atoms with Gasteiger partial charge in [-0.05, 0) is 20.3 Å². The van der Waals surface area contributed by atoms with Gasteiger partial charge in [0.25, 0.3) is 0 Å². The zero-order valence-corrected chi connectivity index (χ0v) is 9.28. The molecule has 14 heavy (non-hydrogen) atoms. The summed E-state index contributed by atoms with van der Waals surface area (Å²) in [4.78, 5) is 11.4. The number of rotatable bonds is 3. The zero-order valence-electron chi connectivity index (χ0n) is 8.46. The Morgan fingerprint density at radius 1 is 1.71 bits per heavy atom. The maximum Gasteiger partial charge on any atom is 0.219 e. The van der Waals surface area contributed by atoms with Crippen LogP contribution in [0.4, 0.5) is 0 Å². The molecule has 2 nitrogen and oxygen atoms in total. The molecule has 76 valence electrons. The van der Waals surface area contributed by atoms with E-state index in [1.165, 1.54) is 0 Å². The fourth-order valence-corrected chi connectivity index (χ4v) is 2.61. The predicted octanol–water partition coefficient (Wildman–Crippen LogP) is 2.98. The molecule has 1 unspecified atom stereocenters. The molecule has 1 rings (SSSR count). The highest BCUT2D eigenvalue weighted by Gasteiger charge is 2.41. The van der Waals surface area contributed by atoms with E-state index in [2.05, 4.69) is 13.2 Å². The number of hydrogen-bond acceptors (Lipinski definition) is 3. The lowest BCUT2D eigenvalue weighted by Gasteiger charge is -2.22. The predicted molar refractivity (Wildman–Crippen MR) is 60.3 cm³/mol. The van der Waals surface area contributed by atoms with E-state index in [9.17, 15) is 9.90 Å². The van der Waals surface area contributed by atoms with Crippen molar-refractivity contribution >= 4 is 16.9 Å². The van der Waals surface area contributed by atoms with Crippen LogP contribution in [0.25, 0.3) is 0 Å². The third-order valence-corrected chi connectivity index (χ3v) is 3.61. The van der Waals surface area contributed by atoms with Gasteiger partial charge in [0.15, 0.2) is 0 Å². The fourth-order valence-electron chi connectivity index (χ4n) is 1.45. The molecule has 0 aliphatic carbocycles. The Morgan fingerprint density at radius 3 is 2.64 bits per heavy atom. The van der Waals surface area contributed by atoms with Gasteiger partial charge in [-0.15, -0.1) is 0 Å². The van der Waals surface area contributed by atoms with Crippen molar-refractivity contribution in [2.45, 2.75) is 25.0 Å². The van der Waals surface area contributed by atoms with Crippen molar-refractivity contribution in [3.8, 4) is 0 Å². The molecule has 1 heterocycles. The van der Waals surface area contributed by atoms with Crippen LogP contribution in [0.1, 0.15) is 20.3 Å². The van der Waals surface area contributed by atoms with E-state index in [-0.39, 0.29) is 10.9 Å². The maximum atomic E-state index is 11.4. The van der Waals surface area contributed by atoms with Crippen molar-refractivity contribution in [1.29, 1.82) is 0 Å². The van der Waals surface area contributed by atoms with E-state index in [1.54, 1.807) is 13.0 Å². The first-order valence-electron chi connectivity index (χ1n) is 4.34. The molecule has 0 saturated carbocycles. The van der Waals surface area contributed by atoms with Crippen molar-refractivity contribution in [3.05, 3.63) is 36.1 Å².